The summed E-state index contributed by atoms with van der Waals surface area (Å²) in [4.78, 5) is 4.85. The monoisotopic (exact) mass is 370 g/mol. The molecule has 0 N–H and O–H groups in total. The lowest BCUT2D eigenvalue weighted by Crippen LogP contribution is -2.49. The average molecular weight is 371 g/mol. The molecule has 1 heterocycles. The van der Waals surface area contributed by atoms with Crippen molar-refractivity contribution in [2.24, 2.45) is 4.99 Å². The molecule has 4 nitrogen and oxygen atoms in total. The molecule has 0 amide bonds. The van der Waals surface area contributed by atoms with Crippen LogP contribution >= 0.6 is 15.9 Å². The van der Waals surface area contributed by atoms with E-state index < -0.39 is 10.0 Å². The molecule has 1 unspecified atom stereocenters. The minimum Gasteiger partial charge on any atom is -0.249 e. The number of sulfonamides is 1. The van der Waals surface area contributed by atoms with E-state index >= 15 is 0 Å². The lowest BCUT2D eigenvalue weighted by Gasteiger charge is -2.38. The SMILES string of the molecule is CC(Br)C1=Nc2ccccc2S(=O)(=O)N1C1CCCCC1. The van der Waals surface area contributed by atoms with E-state index in [-0.39, 0.29) is 10.9 Å². The third-order valence-corrected chi connectivity index (χ3v) is 6.44. The number of amidine groups is 1. The molecule has 0 bridgehead atoms. The summed E-state index contributed by atoms with van der Waals surface area (Å²) in [6.07, 6.45) is 5.20. The number of benzene rings is 1. The van der Waals surface area contributed by atoms with Crippen molar-refractivity contribution in [2.75, 3.05) is 0 Å². The molecule has 114 valence electrons. The summed E-state index contributed by atoms with van der Waals surface area (Å²) >= 11 is 3.51. The van der Waals surface area contributed by atoms with Crippen LogP contribution < -0.4 is 0 Å². The van der Waals surface area contributed by atoms with Gasteiger partial charge in [-0.15, -0.1) is 0 Å². The first-order valence-electron chi connectivity index (χ1n) is 7.38. The Morgan fingerprint density at radius 1 is 1.24 bits per heavy atom. The van der Waals surface area contributed by atoms with Crippen molar-refractivity contribution in [3.8, 4) is 0 Å². The molecule has 21 heavy (non-hydrogen) atoms. The Morgan fingerprint density at radius 2 is 1.90 bits per heavy atom. The number of fused-ring (bicyclic) bond motifs is 1. The van der Waals surface area contributed by atoms with Crippen molar-refractivity contribution in [3.63, 3.8) is 0 Å². The maximum atomic E-state index is 13.0. The van der Waals surface area contributed by atoms with Gasteiger partial charge in [-0.05, 0) is 31.9 Å². The number of hydrogen-bond acceptors (Lipinski definition) is 3. The van der Waals surface area contributed by atoms with Crippen molar-refractivity contribution in [2.45, 2.75) is 54.8 Å². The molecule has 1 aliphatic heterocycles. The van der Waals surface area contributed by atoms with E-state index in [0.717, 1.165) is 25.7 Å². The molecule has 6 heteroatoms. The zero-order valence-corrected chi connectivity index (χ0v) is 14.4. The molecule has 0 spiro atoms. The molecule has 1 fully saturated rings. The van der Waals surface area contributed by atoms with Gasteiger partial charge in [-0.2, -0.15) is 0 Å². The van der Waals surface area contributed by atoms with E-state index in [1.54, 1.807) is 22.5 Å². The number of alkyl halides is 1. The first-order chi connectivity index (χ1) is 10.0. The van der Waals surface area contributed by atoms with Gasteiger partial charge in [0.2, 0.25) is 0 Å². The molecule has 1 aromatic carbocycles. The Bertz CT molecular complexity index is 664. The second kappa shape index (κ2) is 5.72. The van der Waals surface area contributed by atoms with Crippen LogP contribution in [-0.4, -0.2) is 29.4 Å². The predicted molar refractivity (Wildman–Crippen MR) is 87.8 cm³/mol. The molecule has 0 aromatic heterocycles. The second-order valence-electron chi connectivity index (χ2n) is 5.65. The van der Waals surface area contributed by atoms with Gasteiger partial charge in [-0.3, -0.25) is 0 Å². The molecular weight excluding hydrogens is 352 g/mol. The van der Waals surface area contributed by atoms with Gasteiger partial charge in [0.05, 0.1) is 10.5 Å². The van der Waals surface area contributed by atoms with Crippen LogP contribution in [0.25, 0.3) is 0 Å². The lowest BCUT2D eigenvalue weighted by molar-refractivity contribution is 0.321. The number of rotatable bonds is 2. The van der Waals surface area contributed by atoms with Crippen LogP contribution in [-0.2, 0) is 10.0 Å². The van der Waals surface area contributed by atoms with Crippen LogP contribution in [0.4, 0.5) is 5.69 Å². The minimum absolute atomic E-state index is 0.0378. The average Bonchev–Trinajstić information content (AvgIpc) is 2.47. The number of halogens is 1. The quantitative estimate of drug-likeness (QED) is 0.742. The van der Waals surface area contributed by atoms with Crippen LogP contribution in [0.15, 0.2) is 34.2 Å². The van der Waals surface area contributed by atoms with Gasteiger partial charge in [0.1, 0.15) is 10.7 Å². The van der Waals surface area contributed by atoms with Crippen molar-refractivity contribution < 1.29 is 8.42 Å². The molecule has 1 atom stereocenters. The van der Waals surface area contributed by atoms with Gasteiger partial charge < -0.3 is 0 Å². The normalized spacial score (nSPS) is 23.3. The van der Waals surface area contributed by atoms with Gasteiger partial charge in [-0.1, -0.05) is 47.3 Å². The highest BCUT2D eigenvalue weighted by molar-refractivity contribution is 9.10. The van der Waals surface area contributed by atoms with Gasteiger partial charge in [-0.25, -0.2) is 17.7 Å². The van der Waals surface area contributed by atoms with Crippen LogP contribution in [0.5, 0.6) is 0 Å². The van der Waals surface area contributed by atoms with E-state index in [2.05, 4.69) is 20.9 Å². The fraction of sp³-hybridized carbons (Fsp3) is 0.533. The maximum Gasteiger partial charge on any atom is 0.267 e. The van der Waals surface area contributed by atoms with Gasteiger partial charge in [0.15, 0.2) is 0 Å². The summed E-state index contributed by atoms with van der Waals surface area (Å²) in [6.45, 7) is 1.93. The van der Waals surface area contributed by atoms with E-state index in [1.807, 2.05) is 13.0 Å². The number of para-hydroxylation sites is 1. The molecule has 1 saturated carbocycles. The van der Waals surface area contributed by atoms with Crippen molar-refractivity contribution in [3.05, 3.63) is 24.3 Å². The molecular formula is C15H19BrN2O2S. The Labute approximate surface area is 134 Å². The molecule has 3 rings (SSSR count). The molecule has 0 saturated heterocycles. The van der Waals surface area contributed by atoms with Crippen LogP contribution in [0, 0.1) is 0 Å². The van der Waals surface area contributed by atoms with Gasteiger partial charge in [0.25, 0.3) is 10.0 Å². The fourth-order valence-electron chi connectivity index (χ4n) is 3.13. The lowest BCUT2D eigenvalue weighted by atomic mass is 9.95. The minimum atomic E-state index is -3.50. The predicted octanol–water partition coefficient (Wildman–Crippen LogP) is 3.84. The largest absolute Gasteiger partial charge is 0.267 e. The number of hydrogen-bond donors (Lipinski definition) is 0. The highest BCUT2D eigenvalue weighted by Gasteiger charge is 2.40. The zero-order valence-electron chi connectivity index (χ0n) is 12.0. The van der Waals surface area contributed by atoms with Crippen molar-refractivity contribution in [1.29, 1.82) is 0 Å². The third kappa shape index (κ3) is 2.63. The van der Waals surface area contributed by atoms with E-state index in [9.17, 15) is 8.42 Å². The maximum absolute atomic E-state index is 13.0. The van der Waals surface area contributed by atoms with Crippen molar-refractivity contribution in [1.82, 2.24) is 4.31 Å². The highest BCUT2D eigenvalue weighted by Crippen LogP contribution is 2.37. The summed E-state index contributed by atoms with van der Waals surface area (Å²) in [5.74, 6) is 0.612. The van der Waals surface area contributed by atoms with E-state index in [1.165, 1.54) is 6.42 Å². The topological polar surface area (TPSA) is 49.7 Å². The van der Waals surface area contributed by atoms with Crippen molar-refractivity contribution >= 4 is 37.5 Å². The number of nitrogens with zero attached hydrogens (tertiary/aromatic N) is 2. The summed E-state index contributed by atoms with van der Waals surface area (Å²) in [5.41, 5.74) is 0.547. The van der Waals surface area contributed by atoms with E-state index in [4.69, 9.17) is 0 Å². The Kier molecular flexibility index (Phi) is 4.10. The zero-order chi connectivity index (χ0) is 15.0. The van der Waals surface area contributed by atoms with E-state index in [0.29, 0.717) is 16.4 Å². The Balaban J connectivity index is 2.13. The molecule has 1 aliphatic carbocycles. The standard InChI is InChI=1S/C15H19BrN2O2S/c1-11(16)15-17-13-9-5-6-10-14(13)21(19,20)18(15)12-7-3-2-4-8-12/h5-6,9-12H,2-4,7-8H2,1H3. The van der Waals surface area contributed by atoms with Crippen LogP contribution in [0.2, 0.25) is 0 Å². The van der Waals surface area contributed by atoms with Gasteiger partial charge in [0, 0.05) is 6.04 Å². The highest BCUT2D eigenvalue weighted by atomic mass is 79.9. The van der Waals surface area contributed by atoms with Gasteiger partial charge >= 0.3 is 0 Å². The molecule has 2 aliphatic rings. The fourth-order valence-corrected chi connectivity index (χ4v) is 5.48. The summed E-state index contributed by atoms with van der Waals surface area (Å²) in [6, 6.07) is 7.04. The summed E-state index contributed by atoms with van der Waals surface area (Å²) in [5, 5.41) is 0. The van der Waals surface area contributed by atoms with Crippen LogP contribution in [0.1, 0.15) is 39.0 Å². The first-order valence-corrected chi connectivity index (χ1v) is 9.73. The number of aliphatic imine (C=N–C) groups is 1. The van der Waals surface area contributed by atoms with Crippen LogP contribution in [0.3, 0.4) is 0 Å². The third-order valence-electron chi connectivity index (χ3n) is 4.13. The first kappa shape index (κ1) is 15.0. The smallest absolute Gasteiger partial charge is 0.249 e. The Hall–Kier alpha value is -0.880. The summed E-state index contributed by atoms with van der Waals surface area (Å²) in [7, 11) is -3.50. The Morgan fingerprint density at radius 3 is 2.57 bits per heavy atom. The summed E-state index contributed by atoms with van der Waals surface area (Å²) < 4.78 is 27.7. The molecule has 0 radical (unpaired) electrons. The molecule has 1 aromatic rings. The second-order valence-corrected chi connectivity index (χ2v) is 8.80.